The monoisotopic (exact) mass is 372 g/mol. The van der Waals surface area contributed by atoms with Crippen molar-refractivity contribution in [2.75, 3.05) is 7.11 Å². The average Bonchev–Trinajstić information content (AvgIpc) is 3.02. The topological polar surface area (TPSA) is 9.23 Å². The number of benzene rings is 1. The summed E-state index contributed by atoms with van der Waals surface area (Å²) in [5.74, 6) is 1.83. The van der Waals surface area contributed by atoms with Crippen LogP contribution in [-0.4, -0.2) is 23.3 Å². The van der Waals surface area contributed by atoms with Crippen LogP contribution in [0.1, 0.15) is 32.3 Å². The molecule has 138 valence electrons. The number of aryl methyl sites for hydroxylation is 1. The molecule has 1 atom stereocenters. The van der Waals surface area contributed by atoms with E-state index in [0.29, 0.717) is 5.92 Å². The zero-order valence-corrected chi connectivity index (χ0v) is 19.7. The molecule has 0 saturated carbocycles. The summed E-state index contributed by atoms with van der Waals surface area (Å²) in [6.07, 6.45) is 7.09. The molecule has 3 heteroatoms. The molecule has 0 fully saturated rings. The number of ether oxygens (including phenoxy) is 1. The Kier molecular flexibility index (Phi) is 5.90. The molecule has 1 aromatic carbocycles. The SMILES string of the molecule is CCC(C)C1=C([Si](C)(C)c2cc(C)cc([Si](C)(C)C)c2OC)CC=C1. The molecule has 0 radical (unpaired) electrons. The molecule has 1 aliphatic rings. The molecular formula is C22H36OSi2. The average molecular weight is 373 g/mol. The fourth-order valence-electron chi connectivity index (χ4n) is 4.00. The van der Waals surface area contributed by atoms with Gasteiger partial charge in [0.15, 0.2) is 0 Å². The van der Waals surface area contributed by atoms with E-state index in [1.165, 1.54) is 28.1 Å². The molecule has 25 heavy (non-hydrogen) atoms. The summed E-state index contributed by atoms with van der Waals surface area (Å²) in [4.78, 5) is 0. The second kappa shape index (κ2) is 7.28. The molecule has 1 aromatic rings. The third kappa shape index (κ3) is 3.87. The Labute approximate surface area is 157 Å². The fourth-order valence-corrected chi connectivity index (χ4v) is 9.10. The summed E-state index contributed by atoms with van der Waals surface area (Å²) in [6.45, 7) is 19.2. The number of hydrogen-bond acceptors (Lipinski definition) is 1. The molecule has 0 bridgehead atoms. The normalized spacial score (nSPS) is 16.5. The lowest BCUT2D eigenvalue weighted by molar-refractivity contribution is 0.421. The van der Waals surface area contributed by atoms with Gasteiger partial charge in [-0.1, -0.05) is 81.6 Å². The highest BCUT2D eigenvalue weighted by molar-refractivity contribution is 6.97. The minimum atomic E-state index is -1.78. The third-order valence-electron chi connectivity index (χ3n) is 5.78. The van der Waals surface area contributed by atoms with Crippen molar-refractivity contribution in [3.05, 3.63) is 40.6 Å². The van der Waals surface area contributed by atoms with E-state index in [9.17, 15) is 0 Å². The summed E-state index contributed by atoms with van der Waals surface area (Å²) < 4.78 is 6.05. The largest absolute Gasteiger partial charge is 0.497 e. The van der Waals surface area contributed by atoms with Crippen LogP contribution >= 0.6 is 0 Å². The number of rotatable bonds is 6. The molecular weight excluding hydrogens is 336 g/mol. The van der Waals surface area contributed by atoms with Crippen LogP contribution in [0.2, 0.25) is 32.7 Å². The molecule has 0 spiro atoms. The lowest BCUT2D eigenvalue weighted by atomic mass is 10.00. The van der Waals surface area contributed by atoms with Crippen LogP contribution in [-0.2, 0) is 0 Å². The number of methoxy groups -OCH3 is 1. The second-order valence-electron chi connectivity index (χ2n) is 9.12. The standard InChI is InChI=1S/C22H36OSi2/c1-10-17(3)18-12-11-13-19(18)25(8,9)21-15-16(2)14-20(22(21)23-4)24(5,6)7/h11-12,14-15,17H,10,13H2,1-9H3. The van der Waals surface area contributed by atoms with Gasteiger partial charge in [0.25, 0.3) is 0 Å². The first kappa shape index (κ1) is 20.2. The Morgan fingerprint density at radius 3 is 2.20 bits per heavy atom. The van der Waals surface area contributed by atoms with Crippen molar-refractivity contribution >= 4 is 26.5 Å². The van der Waals surface area contributed by atoms with E-state index in [2.05, 4.69) is 77.8 Å². The highest BCUT2D eigenvalue weighted by Gasteiger charge is 2.37. The number of hydrogen-bond donors (Lipinski definition) is 0. The van der Waals surface area contributed by atoms with Crippen molar-refractivity contribution in [1.29, 1.82) is 0 Å². The van der Waals surface area contributed by atoms with E-state index >= 15 is 0 Å². The molecule has 0 heterocycles. The second-order valence-corrected chi connectivity index (χ2v) is 18.5. The van der Waals surface area contributed by atoms with E-state index in [4.69, 9.17) is 4.74 Å². The van der Waals surface area contributed by atoms with Crippen LogP contribution in [0.5, 0.6) is 5.75 Å². The predicted molar refractivity (Wildman–Crippen MR) is 118 cm³/mol. The van der Waals surface area contributed by atoms with E-state index in [-0.39, 0.29) is 0 Å². The molecule has 1 aliphatic carbocycles. The first-order chi connectivity index (χ1) is 11.5. The van der Waals surface area contributed by atoms with E-state index < -0.39 is 16.1 Å². The molecule has 1 unspecified atom stereocenters. The molecule has 1 nitrogen and oxygen atoms in total. The summed E-state index contributed by atoms with van der Waals surface area (Å²) in [5.41, 5.74) is 2.97. The number of allylic oxidation sites excluding steroid dienone is 4. The maximum atomic E-state index is 6.05. The van der Waals surface area contributed by atoms with Gasteiger partial charge >= 0.3 is 0 Å². The highest BCUT2D eigenvalue weighted by Crippen LogP contribution is 2.35. The maximum absolute atomic E-state index is 6.05. The van der Waals surface area contributed by atoms with Crippen LogP contribution in [0.25, 0.3) is 0 Å². The minimum absolute atomic E-state index is 0.646. The molecule has 0 amide bonds. The van der Waals surface area contributed by atoms with Crippen molar-refractivity contribution in [2.45, 2.75) is 66.3 Å². The van der Waals surface area contributed by atoms with Gasteiger partial charge in [0.1, 0.15) is 13.8 Å². The van der Waals surface area contributed by atoms with Crippen LogP contribution in [0.3, 0.4) is 0 Å². The van der Waals surface area contributed by atoms with E-state index in [1.54, 1.807) is 10.8 Å². The quantitative estimate of drug-likeness (QED) is 0.615. The highest BCUT2D eigenvalue weighted by atomic mass is 28.3. The molecule has 2 rings (SSSR count). The lowest BCUT2D eigenvalue weighted by Crippen LogP contribution is -2.50. The van der Waals surface area contributed by atoms with Crippen molar-refractivity contribution < 1.29 is 4.74 Å². The Bertz CT molecular complexity index is 705. The van der Waals surface area contributed by atoms with Gasteiger partial charge in [0.05, 0.1) is 15.2 Å². The fraction of sp³-hybridized carbons (Fsp3) is 0.545. The Morgan fingerprint density at radius 1 is 1.08 bits per heavy atom. The molecule has 0 N–H and O–H groups in total. The van der Waals surface area contributed by atoms with Gasteiger partial charge in [-0.25, -0.2) is 0 Å². The van der Waals surface area contributed by atoms with Crippen molar-refractivity contribution in [3.63, 3.8) is 0 Å². The smallest absolute Gasteiger partial charge is 0.117 e. The van der Waals surface area contributed by atoms with Crippen LogP contribution in [0, 0.1) is 12.8 Å². The van der Waals surface area contributed by atoms with Crippen molar-refractivity contribution in [3.8, 4) is 5.75 Å². The molecule has 0 aromatic heterocycles. The van der Waals surface area contributed by atoms with Crippen LogP contribution in [0.15, 0.2) is 35.1 Å². The Morgan fingerprint density at radius 2 is 1.68 bits per heavy atom. The lowest BCUT2D eigenvalue weighted by Gasteiger charge is -2.33. The van der Waals surface area contributed by atoms with Crippen LogP contribution < -0.4 is 15.1 Å². The van der Waals surface area contributed by atoms with Gasteiger partial charge in [-0.2, -0.15) is 0 Å². The van der Waals surface area contributed by atoms with Gasteiger partial charge in [0.2, 0.25) is 0 Å². The summed E-state index contributed by atoms with van der Waals surface area (Å²) in [7, 11) is -1.38. The van der Waals surface area contributed by atoms with E-state index in [1.807, 2.05) is 7.11 Å². The maximum Gasteiger partial charge on any atom is 0.117 e. The summed E-state index contributed by atoms with van der Waals surface area (Å²) in [6, 6.07) is 4.78. The predicted octanol–water partition coefficient (Wildman–Crippen LogP) is 5.31. The molecule has 0 saturated heterocycles. The molecule has 0 aliphatic heterocycles. The van der Waals surface area contributed by atoms with Gasteiger partial charge in [-0.15, -0.1) is 0 Å². The Hall–Kier alpha value is -1.07. The first-order valence-corrected chi connectivity index (χ1v) is 16.1. The van der Waals surface area contributed by atoms with Gasteiger partial charge in [0, 0.05) is 0 Å². The minimum Gasteiger partial charge on any atom is -0.497 e. The summed E-state index contributed by atoms with van der Waals surface area (Å²) >= 11 is 0. The zero-order valence-electron chi connectivity index (χ0n) is 17.7. The Balaban J connectivity index is 2.70. The zero-order chi connectivity index (χ0) is 19.0. The van der Waals surface area contributed by atoms with Crippen molar-refractivity contribution in [2.24, 2.45) is 5.92 Å². The summed E-state index contributed by atoms with van der Waals surface area (Å²) in [5, 5.41) is 4.67. The van der Waals surface area contributed by atoms with Gasteiger partial charge < -0.3 is 4.74 Å². The van der Waals surface area contributed by atoms with Crippen LogP contribution in [0.4, 0.5) is 0 Å². The van der Waals surface area contributed by atoms with E-state index in [0.717, 1.165) is 6.42 Å². The van der Waals surface area contributed by atoms with Gasteiger partial charge in [-0.3, -0.25) is 0 Å². The van der Waals surface area contributed by atoms with Crippen molar-refractivity contribution in [1.82, 2.24) is 0 Å². The van der Waals surface area contributed by atoms with Gasteiger partial charge in [-0.05, 0) is 41.6 Å². The third-order valence-corrected chi connectivity index (χ3v) is 11.5. The first-order valence-electron chi connectivity index (χ1n) is 9.63.